The first-order valence-corrected chi connectivity index (χ1v) is 6.74. The van der Waals surface area contributed by atoms with Crippen molar-refractivity contribution in [3.63, 3.8) is 0 Å². The molecule has 0 aromatic rings. The van der Waals surface area contributed by atoms with E-state index in [-0.39, 0.29) is 0 Å². The first-order chi connectivity index (χ1) is 4.83. The molecule has 0 aliphatic heterocycles. The van der Waals surface area contributed by atoms with E-state index >= 15 is 0 Å². The van der Waals surface area contributed by atoms with Crippen molar-refractivity contribution in [2.45, 2.75) is 14.4 Å². The van der Waals surface area contributed by atoms with E-state index in [1.54, 1.807) is 0 Å². The molecule has 5 nitrogen and oxygen atoms in total. The fourth-order valence-electron chi connectivity index (χ4n) is 0.182. The van der Waals surface area contributed by atoms with E-state index < -0.39 is 16.2 Å². The van der Waals surface area contributed by atoms with Crippen LogP contribution in [0.4, 0.5) is 0 Å². The zero-order valence-electron chi connectivity index (χ0n) is 6.79. The Morgan fingerprint density at radius 1 is 1.64 bits per heavy atom. The van der Waals surface area contributed by atoms with Crippen molar-refractivity contribution in [2.75, 3.05) is 0 Å². The van der Waals surface area contributed by atoms with Gasteiger partial charge < -0.3 is 0 Å². The monoisotopic (exact) mass is 207 g/mol. The fourth-order valence-corrected chi connectivity index (χ4v) is 0.545. The van der Waals surface area contributed by atoms with Gasteiger partial charge >= 0.3 is 66.7 Å². The first-order valence-electron chi connectivity index (χ1n) is 3.09. The zero-order valence-corrected chi connectivity index (χ0v) is 10.7. The van der Waals surface area contributed by atoms with Crippen molar-refractivity contribution in [3.05, 3.63) is 0 Å². The van der Waals surface area contributed by atoms with Gasteiger partial charge in [-0.3, -0.25) is 9.35 Å². The Hall–Kier alpha value is 1.02. The number of carbonyl (C=O) groups excluding carboxylic acids is 1. The molecule has 0 rings (SSSR count). The van der Waals surface area contributed by atoms with Crippen LogP contribution in [0.15, 0.2) is 0 Å². The summed E-state index contributed by atoms with van der Waals surface area (Å²) < 4.78 is 29.9. The maximum atomic E-state index is 9.81. The molecule has 11 heavy (non-hydrogen) atoms. The van der Waals surface area contributed by atoms with Crippen molar-refractivity contribution < 1.29 is 17.8 Å². The number of nitrogens with one attached hydrogen (secondary N) is 1. The molecule has 0 saturated carbocycles. The van der Waals surface area contributed by atoms with Crippen LogP contribution in [0, 0.1) is 0 Å². The minimum atomic E-state index is -4.32. The van der Waals surface area contributed by atoms with Gasteiger partial charge in [0.2, 0.25) is 5.91 Å². The van der Waals surface area contributed by atoms with Crippen molar-refractivity contribution in [1.29, 1.82) is 0 Å². The number of hydrogen-bond acceptors (Lipinski definition) is 3. The molecule has 0 unspecified atom stereocenters. The molecule has 0 heterocycles. The zero-order chi connectivity index (χ0) is 9.49. The summed E-state index contributed by atoms with van der Waals surface area (Å²) in [5.41, 5.74) is 0. The summed E-state index contributed by atoms with van der Waals surface area (Å²) in [5.74, 6) is -0.812. The average Bonchev–Trinajstić information content (AvgIpc) is 1.57. The standard InChI is InChI=1S/C2H5NO4S.C2H5.K/c1-2(4)3-8(5,6)7;1-2;/h1H3,(H,3,4)(H,5,6,7);1H2,2H3;. The molecule has 7 heteroatoms. The third kappa shape index (κ3) is 24.7. The van der Waals surface area contributed by atoms with Crippen molar-refractivity contribution >= 4 is 65.2 Å². The predicted molar refractivity (Wildman–Crippen MR) is 41.6 cm³/mol. The molecule has 0 saturated heterocycles. The second-order valence-electron chi connectivity index (χ2n) is 1.84. The van der Waals surface area contributed by atoms with Gasteiger partial charge in [0.1, 0.15) is 0 Å². The van der Waals surface area contributed by atoms with Crippen LogP contribution in [0.5, 0.6) is 0 Å². The molecule has 0 radical (unpaired) electrons. The minimum absolute atomic E-state index is 0.812. The molecule has 2 N–H and O–H groups in total. The maximum absolute atomic E-state index is 9.81. The summed E-state index contributed by atoms with van der Waals surface area (Å²) in [4.78, 5) is 9.81. The van der Waals surface area contributed by atoms with Gasteiger partial charge in [-0.15, -0.1) is 0 Å². The van der Waals surface area contributed by atoms with Gasteiger partial charge in [-0.25, -0.2) is 4.72 Å². The van der Waals surface area contributed by atoms with E-state index in [9.17, 15) is 13.2 Å². The Morgan fingerprint density at radius 2 is 1.91 bits per heavy atom. The van der Waals surface area contributed by atoms with Crippen LogP contribution in [-0.2, 0) is 15.1 Å². The summed E-state index contributed by atoms with van der Waals surface area (Å²) in [6.07, 6.45) is 0. The number of rotatable bonds is 1. The SMILES string of the molecule is CC(=O)NS(=O)(=O)O.C[CH2][K]. The van der Waals surface area contributed by atoms with E-state index in [2.05, 4.69) is 6.92 Å². The Labute approximate surface area is 100 Å². The molecular formula is C4H10KNO4S. The van der Waals surface area contributed by atoms with Crippen LogP contribution in [-0.4, -0.2) is 67.8 Å². The second kappa shape index (κ2) is 7.65. The fraction of sp³-hybridized carbons (Fsp3) is 0.750. The first kappa shape index (κ1) is 14.5. The van der Waals surface area contributed by atoms with Crippen LogP contribution < -0.4 is 4.72 Å². The molecule has 0 bridgehead atoms. The van der Waals surface area contributed by atoms with Gasteiger partial charge in [0.05, 0.1) is 0 Å². The third-order valence-corrected chi connectivity index (χ3v) is 0.818. The summed E-state index contributed by atoms with van der Waals surface area (Å²) in [6, 6.07) is 0. The van der Waals surface area contributed by atoms with E-state index in [1.165, 1.54) is 5.24 Å². The summed E-state index contributed by atoms with van der Waals surface area (Å²) >= 11 is 1.10. The summed E-state index contributed by atoms with van der Waals surface area (Å²) in [7, 11) is -4.32. The van der Waals surface area contributed by atoms with Crippen LogP contribution in [0.2, 0.25) is 0.515 Å². The van der Waals surface area contributed by atoms with Crippen LogP contribution >= 0.6 is 0 Å². The summed E-state index contributed by atoms with van der Waals surface area (Å²) in [6.45, 7) is 3.19. The average molecular weight is 207 g/mol. The van der Waals surface area contributed by atoms with Crippen LogP contribution in [0.3, 0.4) is 0 Å². The van der Waals surface area contributed by atoms with E-state index in [4.69, 9.17) is 4.55 Å². The van der Waals surface area contributed by atoms with Crippen LogP contribution in [0.1, 0.15) is 13.8 Å². The van der Waals surface area contributed by atoms with Gasteiger partial charge in [-0.05, 0) is 0 Å². The molecular weight excluding hydrogens is 197 g/mol. The van der Waals surface area contributed by atoms with Crippen molar-refractivity contribution in [1.82, 2.24) is 4.72 Å². The van der Waals surface area contributed by atoms with Gasteiger partial charge in [-0.2, -0.15) is 8.42 Å². The Bertz CT molecular complexity index is 200. The quantitative estimate of drug-likeness (QED) is 0.449. The van der Waals surface area contributed by atoms with Crippen molar-refractivity contribution in [3.8, 4) is 0 Å². The molecule has 1 amide bonds. The van der Waals surface area contributed by atoms with E-state index in [0.717, 1.165) is 55.9 Å². The molecule has 0 spiro atoms. The molecule has 0 aliphatic carbocycles. The van der Waals surface area contributed by atoms with Crippen LogP contribution in [0.25, 0.3) is 0 Å². The van der Waals surface area contributed by atoms with Gasteiger partial charge in [0.15, 0.2) is 0 Å². The third-order valence-electron chi connectivity index (χ3n) is 0.273. The number of hydrogen-bond donors (Lipinski definition) is 2. The van der Waals surface area contributed by atoms with Crippen molar-refractivity contribution in [2.24, 2.45) is 0 Å². The Kier molecular flexibility index (Phi) is 10.1. The molecule has 0 atom stereocenters. The number of carbonyl (C=O) groups is 1. The summed E-state index contributed by atoms with van der Waals surface area (Å²) in [5, 5.41) is 0. The molecule has 62 valence electrons. The molecule has 0 fully saturated rings. The normalized spacial score (nSPS) is 9.55. The van der Waals surface area contributed by atoms with E-state index in [0.29, 0.717) is 0 Å². The molecule has 0 aromatic carbocycles. The van der Waals surface area contributed by atoms with Gasteiger partial charge in [0.25, 0.3) is 0 Å². The van der Waals surface area contributed by atoms with E-state index in [1.807, 2.05) is 0 Å². The van der Waals surface area contributed by atoms with Gasteiger partial charge in [-0.1, -0.05) is 0 Å². The molecule has 0 aliphatic rings. The topological polar surface area (TPSA) is 83.5 Å². The second-order valence-corrected chi connectivity index (χ2v) is 5.20. The Morgan fingerprint density at radius 3 is 1.91 bits per heavy atom. The van der Waals surface area contributed by atoms with Gasteiger partial charge in [0, 0.05) is 6.92 Å². The molecule has 0 aromatic heterocycles. The Balaban J connectivity index is 0. The predicted octanol–water partition coefficient (Wildman–Crippen LogP) is -0.482. The number of amides is 1.